The van der Waals surface area contributed by atoms with Crippen LogP contribution < -0.4 is 10.6 Å². The molecule has 2 aromatic heterocycles. The van der Waals surface area contributed by atoms with E-state index in [-0.39, 0.29) is 5.91 Å². The molecule has 2 heterocycles. The van der Waals surface area contributed by atoms with E-state index in [1.54, 1.807) is 6.20 Å². The molecule has 0 aliphatic heterocycles. The lowest BCUT2D eigenvalue weighted by molar-refractivity contribution is -0.120. The molecule has 0 aliphatic carbocycles. The maximum Gasteiger partial charge on any atom is 0.233 e. The molecule has 0 saturated heterocycles. The Labute approximate surface area is 117 Å². The minimum absolute atomic E-state index is 0.00531. The largest absolute Gasteiger partial charge is 0.460 e. The minimum Gasteiger partial charge on any atom is -0.460 e. The van der Waals surface area contributed by atoms with Gasteiger partial charge in [0.1, 0.15) is 11.5 Å². The Morgan fingerprint density at radius 1 is 1.45 bits per heavy atom. The van der Waals surface area contributed by atoms with Crippen LogP contribution in [0.3, 0.4) is 0 Å². The van der Waals surface area contributed by atoms with Gasteiger partial charge in [0.15, 0.2) is 5.76 Å². The second-order valence-corrected chi connectivity index (χ2v) is 4.63. The van der Waals surface area contributed by atoms with E-state index in [1.165, 1.54) is 0 Å². The predicted molar refractivity (Wildman–Crippen MR) is 76.0 cm³/mol. The van der Waals surface area contributed by atoms with Crippen molar-refractivity contribution in [3.63, 3.8) is 0 Å². The highest BCUT2D eigenvalue weighted by atomic mass is 16.3. The number of carbonyl (C=O) groups excluding carboxylic acids is 1. The number of aromatic amines is 1. The number of nitrogens with zero attached hydrogens (tertiary/aromatic N) is 1. The third-order valence-electron chi connectivity index (χ3n) is 2.88. The summed E-state index contributed by atoms with van der Waals surface area (Å²) in [5, 5.41) is 12.9. The molecule has 0 radical (unpaired) electrons. The first kappa shape index (κ1) is 14.3. The van der Waals surface area contributed by atoms with Crippen LogP contribution in [0.5, 0.6) is 0 Å². The summed E-state index contributed by atoms with van der Waals surface area (Å²) in [6.45, 7) is 5.49. The zero-order valence-electron chi connectivity index (χ0n) is 11.8. The molecule has 1 amide bonds. The van der Waals surface area contributed by atoms with Gasteiger partial charge in [0, 0.05) is 18.7 Å². The van der Waals surface area contributed by atoms with Gasteiger partial charge in [-0.3, -0.25) is 9.89 Å². The Hall–Kier alpha value is -2.08. The molecule has 0 spiro atoms. The summed E-state index contributed by atoms with van der Waals surface area (Å²) >= 11 is 0. The van der Waals surface area contributed by atoms with Crippen molar-refractivity contribution in [1.29, 1.82) is 0 Å². The van der Waals surface area contributed by atoms with E-state index < -0.39 is 0 Å². The van der Waals surface area contributed by atoms with E-state index in [0.717, 1.165) is 29.2 Å². The maximum atomic E-state index is 11.5. The van der Waals surface area contributed by atoms with Gasteiger partial charge in [0.25, 0.3) is 0 Å². The molecular weight excluding hydrogens is 256 g/mol. The van der Waals surface area contributed by atoms with Crippen molar-refractivity contribution in [3.8, 4) is 11.5 Å². The van der Waals surface area contributed by atoms with Crippen molar-refractivity contribution in [2.24, 2.45) is 0 Å². The van der Waals surface area contributed by atoms with Gasteiger partial charge >= 0.3 is 0 Å². The predicted octanol–water partition coefficient (Wildman–Crippen LogP) is 1.59. The standard InChI is InChI=1S/C14H20N4O2/c1-3-6-16-13(19)9-15-7-11-8-17-18-14(11)12-5-4-10(2)20-12/h4-5,8,15H,3,6-7,9H2,1-2H3,(H,16,19)(H,17,18). The first-order valence-electron chi connectivity index (χ1n) is 6.77. The van der Waals surface area contributed by atoms with E-state index in [2.05, 4.69) is 20.8 Å². The van der Waals surface area contributed by atoms with Gasteiger partial charge in [-0.2, -0.15) is 5.10 Å². The fourth-order valence-corrected chi connectivity index (χ4v) is 1.86. The molecule has 2 aromatic rings. The number of H-pyrrole nitrogens is 1. The molecule has 0 saturated carbocycles. The summed E-state index contributed by atoms with van der Waals surface area (Å²) in [6, 6.07) is 3.81. The summed E-state index contributed by atoms with van der Waals surface area (Å²) in [5.41, 5.74) is 1.82. The van der Waals surface area contributed by atoms with Crippen molar-refractivity contribution < 1.29 is 9.21 Å². The maximum absolute atomic E-state index is 11.5. The number of nitrogens with one attached hydrogen (secondary N) is 3. The lowest BCUT2D eigenvalue weighted by atomic mass is 10.2. The van der Waals surface area contributed by atoms with Crippen LogP contribution in [0.2, 0.25) is 0 Å². The summed E-state index contributed by atoms with van der Waals surface area (Å²) in [6.07, 6.45) is 2.68. The summed E-state index contributed by atoms with van der Waals surface area (Å²) in [7, 11) is 0. The quantitative estimate of drug-likeness (QED) is 0.717. The van der Waals surface area contributed by atoms with Gasteiger partial charge < -0.3 is 15.1 Å². The van der Waals surface area contributed by atoms with Crippen LogP contribution in [-0.2, 0) is 11.3 Å². The molecule has 3 N–H and O–H groups in total. The average molecular weight is 276 g/mol. The molecule has 0 unspecified atom stereocenters. The lowest BCUT2D eigenvalue weighted by Gasteiger charge is -2.05. The zero-order chi connectivity index (χ0) is 14.4. The van der Waals surface area contributed by atoms with Crippen LogP contribution in [-0.4, -0.2) is 29.2 Å². The number of amides is 1. The van der Waals surface area contributed by atoms with E-state index in [4.69, 9.17) is 4.42 Å². The SMILES string of the molecule is CCCNC(=O)CNCc1cn[nH]c1-c1ccc(C)o1. The lowest BCUT2D eigenvalue weighted by Crippen LogP contribution is -2.33. The Bertz CT molecular complexity index is 559. The van der Waals surface area contributed by atoms with Crippen molar-refractivity contribution in [1.82, 2.24) is 20.8 Å². The second kappa shape index (κ2) is 6.91. The molecular formula is C14H20N4O2. The Morgan fingerprint density at radius 3 is 3.00 bits per heavy atom. The van der Waals surface area contributed by atoms with Gasteiger partial charge in [-0.1, -0.05) is 6.92 Å². The monoisotopic (exact) mass is 276 g/mol. The van der Waals surface area contributed by atoms with Crippen LogP contribution in [0.25, 0.3) is 11.5 Å². The first-order valence-corrected chi connectivity index (χ1v) is 6.77. The number of aryl methyl sites for hydroxylation is 1. The van der Waals surface area contributed by atoms with Crippen molar-refractivity contribution in [2.45, 2.75) is 26.8 Å². The fourth-order valence-electron chi connectivity index (χ4n) is 1.86. The number of furan rings is 1. The van der Waals surface area contributed by atoms with Gasteiger partial charge in [-0.25, -0.2) is 0 Å². The molecule has 0 atom stereocenters. The summed E-state index contributed by atoms with van der Waals surface area (Å²) < 4.78 is 5.57. The van der Waals surface area contributed by atoms with E-state index in [1.807, 2.05) is 26.0 Å². The molecule has 0 aliphatic rings. The van der Waals surface area contributed by atoms with Crippen LogP contribution in [0, 0.1) is 6.92 Å². The highest BCUT2D eigenvalue weighted by molar-refractivity contribution is 5.77. The number of carbonyl (C=O) groups is 1. The molecule has 0 aromatic carbocycles. The number of aromatic nitrogens is 2. The summed E-state index contributed by atoms with van der Waals surface area (Å²) in [4.78, 5) is 11.5. The zero-order valence-corrected chi connectivity index (χ0v) is 11.8. The molecule has 20 heavy (non-hydrogen) atoms. The van der Waals surface area contributed by atoms with Crippen molar-refractivity contribution in [3.05, 3.63) is 29.7 Å². The Balaban J connectivity index is 1.88. The first-order chi connectivity index (χ1) is 9.70. The Kier molecular flexibility index (Phi) is 4.95. The van der Waals surface area contributed by atoms with E-state index in [9.17, 15) is 4.79 Å². The summed E-state index contributed by atoms with van der Waals surface area (Å²) in [5.74, 6) is 1.62. The van der Waals surface area contributed by atoms with Crippen LogP contribution in [0.1, 0.15) is 24.7 Å². The highest BCUT2D eigenvalue weighted by Crippen LogP contribution is 2.22. The van der Waals surface area contributed by atoms with Crippen LogP contribution in [0.15, 0.2) is 22.7 Å². The molecule has 2 rings (SSSR count). The van der Waals surface area contributed by atoms with E-state index in [0.29, 0.717) is 19.6 Å². The van der Waals surface area contributed by atoms with Crippen molar-refractivity contribution >= 4 is 5.91 Å². The number of rotatable bonds is 7. The molecule has 0 bridgehead atoms. The highest BCUT2D eigenvalue weighted by Gasteiger charge is 2.11. The third-order valence-corrected chi connectivity index (χ3v) is 2.88. The minimum atomic E-state index is 0.00531. The number of hydrogen-bond donors (Lipinski definition) is 3. The molecule has 108 valence electrons. The Morgan fingerprint density at radius 2 is 2.30 bits per heavy atom. The topological polar surface area (TPSA) is 83.0 Å². The smallest absolute Gasteiger partial charge is 0.233 e. The van der Waals surface area contributed by atoms with Gasteiger partial charge in [-0.15, -0.1) is 0 Å². The van der Waals surface area contributed by atoms with Crippen molar-refractivity contribution in [2.75, 3.05) is 13.1 Å². The fraction of sp³-hybridized carbons (Fsp3) is 0.429. The van der Waals surface area contributed by atoms with Crippen LogP contribution >= 0.6 is 0 Å². The molecule has 6 heteroatoms. The van der Waals surface area contributed by atoms with E-state index >= 15 is 0 Å². The normalized spacial score (nSPS) is 10.7. The molecule has 0 fully saturated rings. The van der Waals surface area contributed by atoms with Gasteiger partial charge in [0.05, 0.1) is 12.7 Å². The third kappa shape index (κ3) is 3.71. The average Bonchev–Trinajstić information content (AvgIpc) is 3.05. The second-order valence-electron chi connectivity index (χ2n) is 4.63. The van der Waals surface area contributed by atoms with Gasteiger partial charge in [0.2, 0.25) is 5.91 Å². The number of hydrogen-bond acceptors (Lipinski definition) is 4. The van der Waals surface area contributed by atoms with Crippen LogP contribution in [0.4, 0.5) is 0 Å². The molecule has 6 nitrogen and oxygen atoms in total. The van der Waals surface area contributed by atoms with Gasteiger partial charge in [-0.05, 0) is 25.5 Å².